The number of thioether (sulfide) groups is 1. The predicted octanol–water partition coefficient (Wildman–Crippen LogP) is 4.87. The lowest BCUT2D eigenvalue weighted by molar-refractivity contribution is 0.378. The third-order valence-electron chi connectivity index (χ3n) is 3.60. The van der Waals surface area contributed by atoms with E-state index in [1.807, 2.05) is 30.0 Å². The predicted molar refractivity (Wildman–Crippen MR) is 85.6 cm³/mol. The summed E-state index contributed by atoms with van der Waals surface area (Å²) in [7, 11) is 0. The van der Waals surface area contributed by atoms with E-state index in [2.05, 4.69) is 27.5 Å². The van der Waals surface area contributed by atoms with Gasteiger partial charge in [-0.1, -0.05) is 27.5 Å². The van der Waals surface area contributed by atoms with E-state index in [0.29, 0.717) is 6.04 Å². The van der Waals surface area contributed by atoms with Crippen LogP contribution in [0.1, 0.15) is 31.2 Å². The zero-order valence-electron chi connectivity index (χ0n) is 10.6. The molecule has 0 atom stereocenters. The standard InChI is InChI=1S/C14H19BrClNS/c1-18-13-5-3-12(4-6-13)17-9-10-8-11(16)2-7-14(10)15/h2,7-8,12-13,17H,3-6,9H2,1H3. The van der Waals surface area contributed by atoms with Gasteiger partial charge in [-0.05, 0) is 55.7 Å². The minimum absolute atomic E-state index is 0.666. The van der Waals surface area contributed by atoms with Gasteiger partial charge in [-0.3, -0.25) is 0 Å². The molecule has 1 N–H and O–H groups in total. The molecule has 0 unspecified atom stereocenters. The van der Waals surface area contributed by atoms with E-state index in [9.17, 15) is 0 Å². The molecular weight excluding hydrogens is 330 g/mol. The molecule has 100 valence electrons. The van der Waals surface area contributed by atoms with Crippen LogP contribution in [0.4, 0.5) is 0 Å². The topological polar surface area (TPSA) is 12.0 Å². The Labute approximate surface area is 127 Å². The van der Waals surface area contributed by atoms with Crippen LogP contribution in [0, 0.1) is 0 Å². The van der Waals surface area contributed by atoms with Gasteiger partial charge in [0.15, 0.2) is 0 Å². The van der Waals surface area contributed by atoms with Gasteiger partial charge in [-0.25, -0.2) is 0 Å². The number of rotatable bonds is 4. The molecule has 1 aromatic rings. The fourth-order valence-corrected chi connectivity index (χ4v) is 3.76. The molecule has 0 heterocycles. The lowest BCUT2D eigenvalue weighted by atomic mass is 9.95. The zero-order valence-corrected chi connectivity index (χ0v) is 13.7. The lowest BCUT2D eigenvalue weighted by Crippen LogP contribution is -2.33. The van der Waals surface area contributed by atoms with E-state index in [0.717, 1.165) is 21.3 Å². The smallest absolute Gasteiger partial charge is 0.0410 e. The van der Waals surface area contributed by atoms with Crippen molar-refractivity contribution in [2.24, 2.45) is 0 Å². The van der Waals surface area contributed by atoms with Crippen LogP contribution in [-0.4, -0.2) is 17.5 Å². The van der Waals surface area contributed by atoms with Crippen molar-refractivity contribution in [3.05, 3.63) is 33.3 Å². The van der Waals surface area contributed by atoms with Gasteiger partial charge in [0.2, 0.25) is 0 Å². The second-order valence-corrected chi connectivity index (χ2v) is 7.25. The van der Waals surface area contributed by atoms with Gasteiger partial charge >= 0.3 is 0 Å². The molecule has 0 spiro atoms. The molecule has 4 heteroatoms. The highest BCUT2D eigenvalue weighted by Gasteiger charge is 2.19. The first-order chi connectivity index (χ1) is 8.69. The first-order valence-electron chi connectivity index (χ1n) is 6.39. The highest BCUT2D eigenvalue weighted by molar-refractivity contribution is 9.10. The first-order valence-corrected chi connectivity index (χ1v) is 8.85. The van der Waals surface area contributed by atoms with Crippen molar-refractivity contribution >= 4 is 39.3 Å². The van der Waals surface area contributed by atoms with E-state index in [4.69, 9.17) is 11.6 Å². The summed E-state index contributed by atoms with van der Waals surface area (Å²) in [6, 6.07) is 6.63. The average molecular weight is 349 g/mol. The van der Waals surface area contributed by atoms with Crippen LogP contribution in [0.15, 0.2) is 22.7 Å². The molecule has 1 aromatic carbocycles. The molecule has 0 amide bonds. The van der Waals surface area contributed by atoms with Crippen LogP contribution in [-0.2, 0) is 6.54 Å². The van der Waals surface area contributed by atoms with Gasteiger partial charge in [-0.15, -0.1) is 0 Å². The molecule has 0 radical (unpaired) electrons. The first kappa shape index (κ1) is 14.7. The van der Waals surface area contributed by atoms with Crippen molar-refractivity contribution in [1.29, 1.82) is 0 Å². The molecule has 0 aliphatic heterocycles. The summed E-state index contributed by atoms with van der Waals surface area (Å²) in [5.41, 5.74) is 1.24. The van der Waals surface area contributed by atoms with Gasteiger partial charge in [0.1, 0.15) is 0 Å². The Hall–Kier alpha value is 0.300. The minimum atomic E-state index is 0.666. The molecule has 1 nitrogen and oxygen atoms in total. The van der Waals surface area contributed by atoms with Crippen molar-refractivity contribution in [1.82, 2.24) is 5.32 Å². The number of benzene rings is 1. The molecule has 0 aromatic heterocycles. The summed E-state index contributed by atoms with van der Waals surface area (Å²) in [6.45, 7) is 0.899. The molecule has 0 bridgehead atoms. The fourth-order valence-electron chi connectivity index (χ4n) is 2.44. The van der Waals surface area contributed by atoms with Crippen LogP contribution in [0.5, 0.6) is 0 Å². The number of nitrogens with one attached hydrogen (secondary N) is 1. The van der Waals surface area contributed by atoms with Crippen molar-refractivity contribution in [2.75, 3.05) is 6.26 Å². The van der Waals surface area contributed by atoms with Gasteiger partial charge in [0.05, 0.1) is 0 Å². The van der Waals surface area contributed by atoms with Gasteiger partial charge in [0, 0.05) is 27.3 Å². The summed E-state index contributed by atoms with van der Waals surface area (Å²) < 4.78 is 1.14. The number of halogens is 2. The highest BCUT2D eigenvalue weighted by Crippen LogP contribution is 2.27. The molecular formula is C14H19BrClNS. The van der Waals surface area contributed by atoms with E-state index in [-0.39, 0.29) is 0 Å². The van der Waals surface area contributed by atoms with Crippen molar-refractivity contribution in [3.63, 3.8) is 0 Å². The Balaban J connectivity index is 1.83. The Morgan fingerprint density at radius 1 is 1.33 bits per heavy atom. The Kier molecular flexibility index (Phi) is 5.87. The summed E-state index contributed by atoms with van der Waals surface area (Å²) in [5, 5.41) is 5.34. The Bertz CT molecular complexity index is 391. The highest BCUT2D eigenvalue weighted by atomic mass is 79.9. The largest absolute Gasteiger partial charge is 0.310 e. The van der Waals surface area contributed by atoms with Crippen LogP contribution < -0.4 is 5.32 Å². The maximum absolute atomic E-state index is 6.02. The summed E-state index contributed by atoms with van der Waals surface area (Å²) in [4.78, 5) is 0. The van der Waals surface area contributed by atoms with Crippen LogP contribution >= 0.6 is 39.3 Å². The van der Waals surface area contributed by atoms with Gasteiger partial charge in [-0.2, -0.15) is 11.8 Å². The molecule has 1 aliphatic rings. The Morgan fingerprint density at radius 2 is 2.06 bits per heavy atom. The normalized spacial score (nSPS) is 24.2. The zero-order chi connectivity index (χ0) is 13.0. The quantitative estimate of drug-likeness (QED) is 0.833. The molecule has 2 rings (SSSR count). The third-order valence-corrected chi connectivity index (χ3v) is 5.74. The molecule has 0 saturated heterocycles. The van der Waals surface area contributed by atoms with Crippen LogP contribution in [0.25, 0.3) is 0 Å². The fraction of sp³-hybridized carbons (Fsp3) is 0.571. The maximum Gasteiger partial charge on any atom is 0.0410 e. The average Bonchev–Trinajstić information content (AvgIpc) is 2.40. The molecule has 1 saturated carbocycles. The van der Waals surface area contributed by atoms with Gasteiger partial charge in [0.25, 0.3) is 0 Å². The van der Waals surface area contributed by atoms with Crippen molar-refractivity contribution < 1.29 is 0 Å². The van der Waals surface area contributed by atoms with Crippen molar-refractivity contribution in [2.45, 2.75) is 43.5 Å². The molecule has 1 fully saturated rings. The van der Waals surface area contributed by atoms with E-state index in [1.165, 1.54) is 31.2 Å². The molecule has 18 heavy (non-hydrogen) atoms. The second kappa shape index (κ2) is 7.18. The second-order valence-electron chi connectivity index (χ2n) is 4.83. The van der Waals surface area contributed by atoms with E-state index < -0.39 is 0 Å². The summed E-state index contributed by atoms with van der Waals surface area (Å²) in [5.74, 6) is 0. The van der Waals surface area contributed by atoms with Gasteiger partial charge < -0.3 is 5.32 Å². The third kappa shape index (κ3) is 4.16. The van der Waals surface area contributed by atoms with Crippen molar-refractivity contribution in [3.8, 4) is 0 Å². The van der Waals surface area contributed by atoms with E-state index in [1.54, 1.807) is 0 Å². The summed E-state index contributed by atoms with van der Waals surface area (Å²) >= 11 is 11.6. The monoisotopic (exact) mass is 347 g/mol. The number of hydrogen-bond donors (Lipinski definition) is 1. The van der Waals surface area contributed by atoms with Crippen LogP contribution in [0.2, 0.25) is 5.02 Å². The maximum atomic E-state index is 6.02. The summed E-state index contributed by atoms with van der Waals surface area (Å²) in [6.07, 6.45) is 7.50. The Morgan fingerprint density at radius 3 is 2.72 bits per heavy atom. The molecule has 1 aliphatic carbocycles. The lowest BCUT2D eigenvalue weighted by Gasteiger charge is -2.28. The van der Waals surface area contributed by atoms with Crippen LogP contribution in [0.3, 0.4) is 0 Å². The minimum Gasteiger partial charge on any atom is -0.310 e. The number of hydrogen-bond acceptors (Lipinski definition) is 2. The SMILES string of the molecule is CSC1CCC(NCc2cc(Cl)ccc2Br)CC1. The van der Waals surface area contributed by atoms with E-state index >= 15 is 0 Å².